The predicted octanol–water partition coefficient (Wildman–Crippen LogP) is 0.995. The van der Waals surface area contributed by atoms with Gasteiger partial charge >= 0.3 is 0 Å². The largest absolute Gasteiger partial charge is 0.366 e. The number of nitrogens with zero attached hydrogens (tertiary/aromatic N) is 1. The Bertz CT molecular complexity index is 639. The Morgan fingerprint density at radius 2 is 2.05 bits per heavy atom. The summed E-state index contributed by atoms with van der Waals surface area (Å²) < 4.78 is 0. The van der Waals surface area contributed by atoms with Gasteiger partial charge in [-0.2, -0.15) is 0 Å². The van der Waals surface area contributed by atoms with Crippen molar-refractivity contribution in [3.8, 4) is 0 Å². The van der Waals surface area contributed by atoms with Gasteiger partial charge in [0, 0.05) is 11.8 Å². The lowest BCUT2D eigenvalue weighted by Crippen LogP contribution is -2.18. The molecule has 0 saturated heterocycles. The van der Waals surface area contributed by atoms with Crippen LogP contribution in [0.1, 0.15) is 25.9 Å². The fourth-order valence-electron chi connectivity index (χ4n) is 1.65. The summed E-state index contributed by atoms with van der Waals surface area (Å²) in [6.45, 7) is 0.485. The lowest BCUT2D eigenvalue weighted by molar-refractivity contribution is 0.100. The Morgan fingerprint density at radius 3 is 2.75 bits per heavy atom. The number of thiazole rings is 1. The summed E-state index contributed by atoms with van der Waals surface area (Å²) in [4.78, 5) is 27.5. The zero-order chi connectivity index (χ0) is 14.5. The van der Waals surface area contributed by atoms with Crippen LogP contribution in [0.3, 0.4) is 0 Å². The topological polar surface area (TPSA) is 111 Å². The Hall–Kier alpha value is -2.25. The van der Waals surface area contributed by atoms with Crippen LogP contribution < -0.4 is 16.8 Å². The number of primary amides is 1. The molecule has 6 nitrogen and oxygen atoms in total. The molecule has 0 aliphatic carbocycles. The van der Waals surface area contributed by atoms with Gasteiger partial charge in [0.25, 0.3) is 11.8 Å². The van der Waals surface area contributed by atoms with E-state index in [1.807, 2.05) is 0 Å². The van der Waals surface area contributed by atoms with E-state index in [9.17, 15) is 9.59 Å². The first kappa shape index (κ1) is 14.2. The molecular formula is C13H14N4O2S. The number of anilines is 1. The summed E-state index contributed by atoms with van der Waals surface area (Å²) >= 11 is 1.38. The van der Waals surface area contributed by atoms with E-state index in [4.69, 9.17) is 11.5 Å². The van der Waals surface area contributed by atoms with E-state index in [1.54, 1.807) is 29.6 Å². The molecule has 1 aromatic heterocycles. The number of carbonyl (C=O) groups excluding carboxylic acids is 2. The molecule has 5 N–H and O–H groups in total. The van der Waals surface area contributed by atoms with E-state index in [1.165, 1.54) is 11.3 Å². The molecule has 2 aromatic rings. The average Bonchev–Trinajstić information content (AvgIpc) is 2.88. The Morgan fingerprint density at radius 1 is 1.30 bits per heavy atom. The van der Waals surface area contributed by atoms with Crippen molar-refractivity contribution in [2.24, 2.45) is 11.5 Å². The molecule has 2 rings (SSSR count). The molecule has 1 heterocycles. The molecule has 0 radical (unpaired) electrons. The second-order valence-electron chi connectivity index (χ2n) is 4.03. The van der Waals surface area contributed by atoms with Gasteiger partial charge in [-0.05, 0) is 18.7 Å². The van der Waals surface area contributed by atoms with Crippen LogP contribution in [0.15, 0.2) is 29.6 Å². The Balaban J connectivity index is 2.17. The lowest BCUT2D eigenvalue weighted by Gasteiger charge is -2.07. The highest BCUT2D eigenvalue weighted by Crippen LogP contribution is 2.17. The number of rotatable bonds is 5. The number of nitrogens with two attached hydrogens (primary N) is 2. The molecule has 104 valence electrons. The van der Waals surface area contributed by atoms with Crippen molar-refractivity contribution in [2.75, 3.05) is 11.9 Å². The van der Waals surface area contributed by atoms with Crippen LogP contribution in [0.25, 0.3) is 0 Å². The minimum atomic E-state index is -0.594. The maximum Gasteiger partial charge on any atom is 0.275 e. The molecular weight excluding hydrogens is 276 g/mol. The Labute approximate surface area is 119 Å². The van der Waals surface area contributed by atoms with Crippen molar-refractivity contribution < 1.29 is 9.59 Å². The van der Waals surface area contributed by atoms with Gasteiger partial charge in [0.15, 0.2) is 0 Å². The number of hydrogen-bond acceptors (Lipinski definition) is 5. The minimum Gasteiger partial charge on any atom is -0.366 e. The van der Waals surface area contributed by atoms with Gasteiger partial charge in [-0.3, -0.25) is 9.59 Å². The van der Waals surface area contributed by atoms with E-state index >= 15 is 0 Å². The van der Waals surface area contributed by atoms with E-state index in [0.717, 1.165) is 5.01 Å². The molecule has 0 fully saturated rings. The SMILES string of the molecule is NCCc1nc(C(=O)Nc2ccccc2C(N)=O)cs1. The van der Waals surface area contributed by atoms with E-state index < -0.39 is 5.91 Å². The van der Waals surface area contributed by atoms with Gasteiger partial charge in [0.05, 0.1) is 16.3 Å². The molecule has 0 spiro atoms. The molecule has 20 heavy (non-hydrogen) atoms. The zero-order valence-electron chi connectivity index (χ0n) is 10.6. The molecule has 1 aromatic carbocycles. The summed E-state index contributed by atoms with van der Waals surface area (Å²) in [6.07, 6.45) is 0.635. The predicted molar refractivity (Wildman–Crippen MR) is 77.8 cm³/mol. The molecule has 7 heteroatoms. The highest BCUT2D eigenvalue weighted by atomic mass is 32.1. The van der Waals surface area contributed by atoms with Crippen LogP contribution in [0.2, 0.25) is 0 Å². The van der Waals surface area contributed by atoms with Crippen LogP contribution in [-0.2, 0) is 6.42 Å². The van der Waals surface area contributed by atoms with Crippen LogP contribution in [-0.4, -0.2) is 23.3 Å². The van der Waals surface area contributed by atoms with Crippen LogP contribution >= 0.6 is 11.3 Å². The monoisotopic (exact) mass is 290 g/mol. The number of para-hydroxylation sites is 1. The number of nitrogens with one attached hydrogen (secondary N) is 1. The number of aromatic nitrogens is 1. The van der Waals surface area contributed by atoms with Crippen molar-refractivity contribution in [3.05, 3.63) is 45.9 Å². The van der Waals surface area contributed by atoms with Crippen LogP contribution in [0.4, 0.5) is 5.69 Å². The third-order valence-electron chi connectivity index (χ3n) is 2.58. The highest BCUT2D eigenvalue weighted by Gasteiger charge is 2.14. The summed E-state index contributed by atoms with van der Waals surface area (Å²) in [5, 5.41) is 5.10. The quantitative estimate of drug-likeness (QED) is 0.762. The number of hydrogen-bond donors (Lipinski definition) is 3. The average molecular weight is 290 g/mol. The standard InChI is InChI=1S/C13H14N4O2S/c14-6-5-11-16-10(7-20-11)13(19)17-9-4-2-1-3-8(9)12(15)18/h1-4,7H,5-6,14H2,(H2,15,18)(H,17,19). The Kier molecular flexibility index (Phi) is 4.44. The van der Waals surface area contributed by atoms with Gasteiger partial charge in [0.1, 0.15) is 5.69 Å². The molecule has 2 amide bonds. The van der Waals surface area contributed by atoms with Gasteiger partial charge in [-0.25, -0.2) is 4.98 Å². The van der Waals surface area contributed by atoms with Gasteiger partial charge in [-0.15, -0.1) is 11.3 Å². The smallest absolute Gasteiger partial charge is 0.275 e. The molecule has 0 bridgehead atoms. The minimum absolute atomic E-state index is 0.262. The molecule has 0 unspecified atom stereocenters. The fraction of sp³-hybridized carbons (Fsp3) is 0.154. The van der Waals surface area contributed by atoms with E-state index in [2.05, 4.69) is 10.3 Å². The van der Waals surface area contributed by atoms with Crippen LogP contribution in [0, 0.1) is 0 Å². The molecule has 0 saturated carbocycles. The summed E-state index contributed by atoms with van der Waals surface area (Å²) in [6, 6.07) is 6.56. The number of amides is 2. The molecule has 0 aliphatic heterocycles. The first-order chi connectivity index (χ1) is 9.61. The maximum absolute atomic E-state index is 12.1. The summed E-state index contributed by atoms with van der Waals surface area (Å²) in [7, 11) is 0. The van der Waals surface area contributed by atoms with Gasteiger partial charge in [0.2, 0.25) is 0 Å². The second-order valence-corrected chi connectivity index (χ2v) is 4.97. The van der Waals surface area contributed by atoms with Crippen molar-refractivity contribution in [1.29, 1.82) is 0 Å². The normalized spacial score (nSPS) is 10.2. The van der Waals surface area contributed by atoms with Gasteiger partial charge < -0.3 is 16.8 Å². The highest BCUT2D eigenvalue weighted by molar-refractivity contribution is 7.09. The fourth-order valence-corrected chi connectivity index (χ4v) is 2.44. The first-order valence-corrected chi connectivity index (χ1v) is 6.84. The third kappa shape index (κ3) is 3.19. The summed E-state index contributed by atoms with van der Waals surface area (Å²) in [5.74, 6) is -0.971. The molecule has 0 aliphatic rings. The van der Waals surface area contributed by atoms with Crippen molar-refractivity contribution in [1.82, 2.24) is 4.98 Å². The van der Waals surface area contributed by atoms with Crippen molar-refractivity contribution in [2.45, 2.75) is 6.42 Å². The summed E-state index contributed by atoms with van der Waals surface area (Å²) in [5.41, 5.74) is 11.6. The van der Waals surface area contributed by atoms with Gasteiger partial charge in [-0.1, -0.05) is 12.1 Å². The third-order valence-corrected chi connectivity index (χ3v) is 3.49. The van der Waals surface area contributed by atoms with E-state index in [0.29, 0.717) is 24.3 Å². The number of carbonyl (C=O) groups is 2. The number of benzene rings is 1. The zero-order valence-corrected chi connectivity index (χ0v) is 11.4. The first-order valence-electron chi connectivity index (χ1n) is 5.96. The molecule has 0 atom stereocenters. The van der Waals surface area contributed by atoms with Crippen molar-refractivity contribution in [3.63, 3.8) is 0 Å². The van der Waals surface area contributed by atoms with E-state index in [-0.39, 0.29) is 11.5 Å². The van der Waals surface area contributed by atoms with Crippen molar-refractivity contribution >= 4 is 28.8 Å². The maximum atomic E-state index is 12.1. The second kappa shape index (κ2) is 6.27. The lowest BCUT2D eigenvalue weighted by atomic mass is 10.1. The van der Waals surface area contributed by atoms with Crippen LogP contribution in [0.5, 0.6) is 0 Å².